The van der Waals surface area contributed by atoms with E-state index in [0.29, 0.717) is 17.7 Å². The van der Waals surface area contributed by atoms with Gasteiger partial charge in [0.15, 0.2) is 0 Å². The third-order valence-corrected chi connectivity index (χ3v) is 3.40. The highest BCUT2D eigenvalue weighted by Crippen LogP contribution is 2.42. The lowest BCUT2D eigenvalue weighted by Gasteiger charge is -2.25. The lowest BCUT2D eigenvalue weighted by molar-refractivity contribution is -0.138. The Kier molecular flexibility index (Phi) is 4.28. The minimum Gasteiger partial charge on any atom is -0.275 e. The van der Waals surface area contributed by atoms with Crippen molar-refractivity contribution in [1.82, 2.24) is 4.90 Å². The van der Waals surface area contributed by atoms with Crippen LogP contribution in [-0.4, -0.2) is 23.3 Å². The van der Waals surface area contributed by atoms with Gasteiger partial charge in [-0.3, -0.25) is 14.5 Å². The maximum Gasteiger partial charge on any atom is 0.257 e. The van der Waals surface area contributed by atoms with E-state index in [-0.39, 0.29) is 22.6 Å². The molecule has 1 rings (SSSR count). The topological polar surface area (TPSA) is 37.4 Å². The zero-order valence-electron chi connectivity index (χ0n) is 13.4. The Balaban J connectivity index is 3.29. The molecule has 0 bridgehead atoms. The van der Waals surface area contributed by atoms with Crippen LogP contribution >= 0.6 is 0 Å². The summed E-state index contributed by atoms with van der Waals surface area (Å²) in [4.78, 5) is 26.6. The Morgan fingerprint density at radius 1 is 0.842 bits per heavy atom. The zero-order valence-corrected chi connectivity index (χ0v) is 13.4. The van der Waals surface area contributed by atoms with Gasteiger partial charge in [0, 0.05) is 17.7 Å². The van der Waals surface area contributed by atoms with E-state index in [9.17, 15) is 9.59 Å². The fraction of sp³-hybridized carbons (Fsp3) is 0.750. The molecule has 19 heavy (non-hydrogen) atoms. The predicted molar refractivity (Wildman–Crippen MR) is 77.6 cm³/mol. The first kappa shape index (κ1) is 15.9. The van der Waals surface area contributed by atoms with Crippen LogP contribution in [0.1, 0.15) is 61.3 Å². The van der Waals surface area contributed by atoms with E-state index in [1.165, 1.54) is 4.90 Å². The van der Waals surface area contributed by atoms with Crippen LogP contribution in [0.4, 0.5) is 0 Å². The molecule has 0 fully saturated rings. The molecule has 0 aliphatic carbocycles. The number of hydrogen-bond donors (Lipinski definition) is 0. The van der Waals surface area contributed by atoms with Crippen LogP contribution in [0.3, 0.4) is 0 Å². The highest BCUT2D eigenvalue weighted by atomic mass is 16.2. The molecular weight excluding hydrogens is 238 g/mol. The molecule has 0 atom stereocenters. The predicted octanol–water partition coefficient (Wildman–Crippen LogP) is 3.54. The third kappa shape index (κ3) is 3.07. The quantitative estimate of drug-likeness (QED) is 0.732. The fourth-order valence-corrected chi connectivity index (χ4v) is 2.49. The van der Waals surface area contributed by atoms with Gasteiger partial charge < -0.3 is 0 Å². The van der Waals surface area contributed by atoms with Gasteiger partial charge in [-0.2, -0.15) is 0 Å². The van der Waals surface area contributed by atoms with Crippen molar-refractivity contribution in [1.29, 1.82) is 0 Å². The molecule has 0 saturated heterocycles. The van der Waals surface area contributed by atoms with Gasteiger partial charge in [0.1, 0.15) is 0 Å². The largest absolute Gasteiger partial charge is 0.275 e. The molecule has 0 unspecified atom stereocenters. The summed E-state index contributed by atoms with van der Waals surface area (Å²) in [5.41, 5.74) is 0.800. The van der Waals surface area contributed by atoms with E-state index >= 15 is 0 Å². The molecule has 0 N–H and O–H groups in total. The Hall–Kier alpha value is -1.12. The average Bonchev–Trinajstić information content (AvgIpc) is 2.47. The van der Waals surface area contributed by atoms with E-state index in [1.807, 2.05) is 41.5 Å². The summed E-state index contributed by atoms with van der Waals surface area (Å²) in [5, 5.41) is 0. The summed E-state index contributed by atoms with van der Waals surface area (Å²) in [6, 6.07) is 0. The smallest absolute Gasteiger partial charge is 0.257 e. The molecule has 108 valence electrons. The van der Waals surface area contributed by atoms with Crippen molar-refractivity contribution in [2.45, 2.75) is 61.3 Å². The van der Waals surface area contributed by atoms with Crippen molar-refractivity contribution >= 4 is 11.8 Å². The number of rotatable bonds is 3. The Labute approximate surface area is 117 Å². The van der Waals surface area contributed by atoms with E-state index in [4.69, 9.17) is 0 Å². The Morgan fingerprint density at radius 2 is 1.21 bits per heavy atom. The van der Waals surface area contributed by atoms with Gasteiger partial charge in [-0.05, 0) is 17.3 Å². The van der Waals surface area contributed by atoms with Crippen LogP contribution in [-0.2, 0) is 9.59 Å². The second-order valence-electron chi connectivity index (χ2n) is 7.37. The molecule has 2 amide bonds. The maximum absolute atomic E-state index is 12.6. The highest BCUT2D eigenvalue weighted by Gasteiger charge is 2.46. The van der Waals surface area contributed by atoms with Crippen molar-refractivity contribution in [2.24, 2.45) is 10.8 Å². The molecule has 3 nitrogen and oxygen atoms in total. The van der Waals surface area contributed by atoms with Crippen molar-refractivity contribution in [2.75, 3.05) is 6.54 Å². The summed E-state index contributed by atoms with van der Waals surface area (Å²) in [6.45, 7) is 14.6. The molecule has 3 heteroatoms. The number of unbranched alkanes of at least 4 members (excludes halogenated alkanes) is 1. The van der Waals surface area contributed by atoms with E-state index in [0.717, 1.165) is 12.8 Å². The monoisotopic (exact) mass is 265 g/mol. The van der Waals surface area contributed by atoms with Crippen molar-refractivity contribution in [3.8, 4) is 0 Å². The second-order valence-corrected chi connectivity index (χ2v) is 7.37. The van der Waals surface area contributed by atoms with Crippen LogP contribution in [0.2, 0.25) is 0 Å². The van der Waals surface area contributed by atoms with Crippen molar-refractivity contribution < 1.29 is 9.59 Å². The lowest BCUT2D eigenvalue weighted by Crippen LogP contribution is -2.34. The first-order valence-corrected chi connectivity index (χ1v) is 7.13. The minimum absolute atomic E-state index is 0.0872. The Morgan fingerprint density at radius 3 is 1.47 bits per heavy atom. The molecule has 1 heterocycles. The number of carbonyl (C=O) groups is 2. The number of hydrogen-bond acceptors (Lipinski definition) is 2. The van der Waals surface area contributed by atoms with Gasteiger partial charge in [-0.1, -0.05) is 54.9 Å². The summed E-state index contributed by atoms with van der Waals surface area (Å²) in [5.74, 6) is -0.174. The van der Waals surface area contributed by atoms with Gasteiger partial charge in [0.2, 0.25) is 0 Å². The van der Waals surface area contributed by atoms with Gasteiger partial charge in [-0.25, -0.2) is 0 Å². The fourth-order valence-electron chi connectivity index (χ4n) is 2.49. The zero-order chi connectivity index (χ0) is 15.0. The summed E-state index contributed by atoms with van der Waals surface area (Å²) >= 11 is 0. The van der Waals surface area contributed by atoms with Crippen LogP contribution < -0.4 is 0 Å². The normalized spacial score (nSPS) is 17.7. The molecule has 0 spiro atoms. The SMILES string of the molecule is CCCCN1C(=O)C(C(C)(C)C)=C(C(C)(C)C)C1=O. The van der Waals surface area contributed by atoms with Crippen molar-refractivity contribution in [3.63, 3.8) is 0 Å². The van der Waals surface area contributed by atoms with E-state index in [1.54, 1.807) is 0 Å². The third-order valence-electron chi connectivity index (χ3n) is 3.40. The van der Waals surface area contributed by atoms with Gasteiger partial charge in [0.25, 0.3) is 11.8 Å². The molecule has 0 radical (unpaired) electrons. The Bertz CT molecular complexity index is 383. The first-order valence-electron chi connectivity index (χ1n) is 7.13. The number of nitrogens with zero attached hydrogens (tertiary/aromatic N) is 1. The van der Waals surface area contributed by atoms with Gasteiger partial charge in [-0.15, -0.1) is 0 Å². The summed E-state index contributed by atoms with van der Waals surface area (Å²) in [7, 11) is 0. The van der Waals surface area contributed by atoms with Crippen LogP contribution in [0, 0.1) is 10.8 Å². The van der Waals surface area contributed by atoms with Crippen LogP contribution in [0.25, 0.3) is 0 Å². The number of imide groups is 1. The lowest BCUT2D eigenvalue weighted by atomic mass is 9.76. The number of carbonyl (C=O) groups excluding carboxylic acids is 2. The van der Waals surface area contributed by atoms with Gasteiger partial charge in [0.05, 0.1) is 0 Å². The highest BCUT2D eigenvalue weighted by molar-refractivity contribution is 6.20. The molecule has 0 saturated carbocycles. The molecular formula is C16H27NO2. The molecule has 1 aliphatic rings. The van der Waals surface area contributed by atoms with Crippen molar-refractivity contribution in [3.05, 3.63) is 11.1 Å². The summed E-state index contributed by atoms with van der Waals surface area (Å²) in [6.07, 6.45) is 1.85. The van der Waals surface area contributed by atoms with Crippen LogP contribution in [0.15, 0.2) is 11.1 Å². The maximum atomic E-state index is 12.6. The molecule has 1 aliphatic heterocycles. The number of amides is 2. The summed E-state index contributed by atoms with van der Waals surface area (Å²) < 4.78 is 0. The van der Waals surface area contributed by atoms with Gasteiger partial charge >= 0.3 is 0 Å². The van der Waals surface area contributed by atoms with E-state index in [2.05, 4.69) is 6.92 Å². The van der Waals surface area contributed by atoms with E-state index < -0.39 is 0 Å². The second kappa shape index (κ2) is 5.10. The molecule has 0 aromatic rings. The molecule has 0 aromatic heterocycles. The standard InChI is InChI=1S/C16H27NO2/c1-8-9-10-17-13(18)11(15(2,3)4)12(14(17)19)16(5,6)7/h8-10H2,1-7H3. The minimum atomic E-state index is -0.295. The van der Waals surface area contributed by atoms with Crippen LogP contribution in [0.5, 0.6) is 0 Å². The molecule has 0 aromatic carbocycles. The first-order chi connectivity index (χ1) is 8.51. The average molecular weight is 265 g/mol.